The molecule has 8 heteroatoms. The molecule has 2 aromatic rings. The Labute approximate surface area is 119 Å². The maximum absolute atomic E-state index is 11.8. The predicted molar refractivity (Wildman–Crippen MR) is 75.1 cm³/mol. The van der Waals surface area contributed by atoms with Gasteiger partial charge >= 0.3 is 5.97 Å². The van der Waals surface area contributed by atoms with E-state index >= 15 is 0 Å². The van der Waals surface area contributed by atoms with Crippen LogP contribution in [0.2, 0.25) is 0 Å². The van der Waals surface area contributed by atoms with Crippen LogP contribution in [0, 0.1) is 6.92 Å². The molecule has 0 radical (unpaired) electrons. The third kappa shape index (κ3) is 3.40. The van der Waals surface area contributed by atoms with Gasteiger partial charge < -0.3 is 5.11 Å². The van der Waals surface area contributed by atoms with E-state index in [2.05, 4.69) is 10.1 Å². The fourth-order valence-corrected chi connectivity index (χ4v) is 2.81. The number of carbonyl (C=O) groups is 1. The van der Waals surface area contributed by atoms with Gasteiger partial charge in [0.05, 0.1) is 13.0 Å². The van der Waals surface area contributed by atoms with Crippen LogP contribution in [0.25, 0.3) is 4.96 Å². The lowest BCUT2D eigenvalue weighted by Gasteiger charge is -2.17. The minimum atomic E-state index is -0.818. The monoisotopic (exact) mass is 296 g/mol. The van der Waals surface area contributed by atoms with Gasteiger partial charge in [-0.1, -0.05) is 18.3 Å². The first-order valence-corrected chi connectivity index (χ1v) is 7.11. The molecule has 2 aromatic heterocycles. The lowest BCUT2D eigenvalue weighted by molar-refractivity contribution is -0.137. The molecule has 0 atom stereocenters. The number of aryl methyl sites for hydroxylation is 1. The summed E-state index contributed by atoms with van der Waals surface area (Å²) in [5.41, 5.74) is 0.479. The molecule has 0 saturated carbocycles. The van der Waals surface area contributed by atoms with Crippen LogP contribution in [0.4, 0.5) is 0 Å². The molecule has 108 valence electrons. The molecule has 0 aliphatic heterocycles. The fourth-order valence-electron chi connectivity index (χ4n) is 1.82. The quantitative estimate of drug-likeness (QED) is 0.846. The number of aliphatic carboxylic acids is 1. The van der Waals surface area contributed by atoms with Gasteiger partial charge in [-0.3, -0.25) is 14.5 Å². The highest BCUT2D eigenvalue weighted by molar-refractivity contribution is 7.16. The number of hydrogen-bond acceptors (Lipinski definition) is 6. The van der Waals surface area contributed by atoms with E-state index in [1.54, 1.807) is 6.92 Å². The van der Waals surface area contributed by atoms with Crippen LogP contribution in [0.15, 0.2) is 10.9 Å². The summed E-state index contributed by atoms with van der Waals surface area (Å²) < 4.78 is 1.29. The molecule has 2 heterocycles. The second-order valence-corrected chi connectivity index (χ2v) is 5.48. The predicted octanol–water partition coefficient (Wildman–Crippen LogP) is 0.756. The highest BCUT2D eigenvalue weighted by Crippen LogP contribution is 2.13. The fraction of sp³-hybridized carbons (Fsp3) is 0.500. The molecule has 0 spiro atoms. The van der Waals surface area contributed by atoms with Crippen molar-refractivity contribution >= 4 is 22.3 Å². The minimum Gasteiger partial charge on any atom is -0.481 e. The average molecular weight is 296 g/mol. The first kappa shape index (κ1) is 14.6. The molecule has 20 heavy (non-hydrogen) atoms. The van der Waals surface area contributed by atoms with Gasteiger partial charge in [-0.15, -0.1) is 0 Å². The van der Waals surface area contributed by atoms with Crippen LogP contribution in [0.1, 0.15) is 24.0 Å². The molecular weight excluding hydrogens is 280 g/mol. The van der Waals surface area contributed by atoms with Gasteiger partial charge in [0.15, 0.2) is 0 Å². The largest absolute Gasteiger partial charge is 0.481 e. The van der Waals surface area contributed by atoms with Gasteiger partial charge in [0.2, 0.25) is 4.96 Å². The summed E-state index contributed by atoms with van der Waals surface area (Å²) in [7, 11) is 0. The number of rotatable bonds is 6. The van der Waals surface area contributed by atoms with Crippen molar-refractivity contribution in [2.45, 2.75) is 26.8 Å². The molecule has 0 aliphatic carbocycles. The van der Waals surface area contributed by atoms with E-state index in [4.69, 9.17) is 5.11 Å². The van der Waals surface area contributed by atoms with Gasteiger partial charge in [0.1, 0.15) is 5.01 Å². The summed E-state index contributed by atoms with van der Waals surface area (Å²) in [5, 5.41) is 13.7. The van der Waals surface area contributed by atoms with Crippen molar-refractivity contribution in [1.82, 2.24) is 19.5 Å². The van der Waals surface area contributed by atoms with Crippen molar-refractivity contribution in [3.63, 3.8) is 0 Å². The Kier molecular flexibility index (Phi) is 4.46. The second kappa shape index (κ2) is 6.10. The van der Waals surface area contributed by atoms with E-state index in [9.17, 15) is 9.59 Å². The Morgan fingerprint density at radius 2 is 2.30 bits per heavy atom. The minimum absolute atomic E-state index is 0.0933. The zero-order valence-electron chi connectivity index (χ0n) is 11.4. The van der Waals surface area contributed by atoms with E-state index < -0.39 is 5.97 Å². The molecule has 0 aromatic carbocycles. The van der Waals surface area contributed by atoms with Gasteiger partial charge in [0.25, 0.3) is 5.56 Å². The summed E-state index contributed by atoms with van der Waals surface area (Å²) in [4.78, 5) is 29.2. The Morgan fingerprint density at radius 1 is 1.55 bits per heavy atom. The summed E-state index contributed by atoms with van der Waals surface area (Å²) in [6.45, 7) is 5.44. The summed E-state index contributed by atoms with van der Waals surface area (Å²) in [6.07, 6.45) is 0.0933. The third-order valence-electron chi connectivity index (χ3n) is 2.86. The van der Waals surface area contributed by atoms with Crippen LogP contribution < -0.4 is 5.56 Å². The van der Waals surface area contributed by atoms with Crippen molar-refractivity contribution < 1.29 is 9.90 Å². The zero-order valence-corrected chi connectivity index (χ0v) is 12.2. The first-order chi connectivity index (χ1) is 9.49. The SMILES string of the molecule is CCN(CCC(=O)O)Cc1nn2c(=O)cc(C)nc2s1. The number of carboxylic acids is 1. The van der Waals surface area contributed by atoms with Gasteiger partial charge in [-0.2, -0.15) is 9.61 Å². The van der Waals surface area contributed by atoms with Crippen molar-refractivity contribution in [3.8, 4) is 0 Å². The maximum atomic E-state index is 11.8. The maximum Gasteiger partial charge on any atom is 0.304 e. The van der Waals surface area contributed by atoms with Crippen molar-refractivity contribution in [1.29, 1.82) is 0 Å². The smallest absolute Gasteiger partial charge is 0.304 e. The molecular formula is C12H16N4O3S. The van der Waals surface area contributed by atoms with E-state index in [1.807, 2.05) is 11.8 Å². The molecule has 0 amide bonds. The molecule has 7 nitrogen and oxygen atoms in total. The van der Waals surface area contributed by atoms with Gasteiger partial charge in [-0.25, -0.2) is 4.98 Å². The molecule has 0 fully saturated rings. The molecule has 0 bridgehead atoms. The lowest BCUT2D eigenvalue weighted by Crippen LogP contribution is -2.26. The van der Waals surface area contributed by atoms with Crippen LogP contribution in [0.3, 0.4) is 0 Å². The van der Waals surface area contributed by atoms with Crippen LogP contribution >= 0.6 is 11.3 Å². The third-order valence-corrected chi connectivity index (χ3v) is 3.76. The summed E-state index contributed by atoms with van der Waals surface area (Å²) >= 11 is 1.36. The van der Waals surface area contributed by atoms with E-state index in [0.717, 1.165) is 11.6 Å². The zero-order chi connectivity index (χ0) is 14.7. The number of aromatic nitrogens is 3. The number of fused-ring (bicyclic) bond motifs is 1. The molecule has 1 N–H and O–H groups in total. The van der Waals surface area contributed by atoms with E-state index in [0.29, 0.717) is 23.7 Å². The van der Waals surface area contributed by atoms with Gasteiger partial charge in [0, 0.05) is 18.3 Å². The number of nitrogens with zero attached hydrogens (tertiary/aromatic N) is 4. The summed E-state index contributed by atoms with van der Waals surface area (Å²) in [6, 6.07) is 1.44. The van der Waals surface area contributed by atoms with Crippen LogP contribution in [-0.4, -0.2) is 43.7 Å². The topological polar surface area (TPSA) is 87.8 Å². The highest BCUT2D eigenvalue weighted by atomic mass is 32.1. The standard InChI is InChI=1S/C12H16N4O3S/c1-3-15(5-4-11(18)19)7-9-14-16-10(17)6-8(2)13-12(16)20-9/h6H,3-5,7H2,1-2H3,(H,18,19). The van der Waals surface area contributed by atoms with Crippen molar-refractivity contribution in [2.24, 2.45) is 0 Å². The van der Waals surface area contributed by atoms with Crippen LogP contribution in [-0.2, 0) is 11.3 Å². The normalized spacial score (nSPS) is 11.3. The lowest BCUT2D eigenvalue weighted by atomic mass is 10.4. The molecule has 2 rings (SSSR count). The molecule has 0 saturated heterocycles. The second-order valence-electron chi connectivity index (χ2n) is 4.44. The Bertz CT molecular complexity index is 679. The van der Waals surface area contributed by atoms with Gasteiger partial charge in [-0.05, 0) is 13.5 Å². The van der Waals surface area contributed by atoms with Crippen molar-refractivity contribution in [3.05, 3.63) is 27.1 Å². The summed E-state index contributed by atoms with van der Waals surface area (Å²) in [5.74, 6) is -0.818. The molecule has 0 aliphatic rings. The highest BCUT2D eigenvalue weighted by Gasteiger charge is 2.12. The Balaban J connectivity index is 2.18. The number of hydrogen-bond donors (Lipinski definition) is 1. The van der Waals surface area contributed by atoms with E-state index in [1.165, 1.54) is 21.9 Å². The van der Waals surface area contributed by atoms with Crippen LogP contribution in [0.5, 0.6) is 0 Å². The molecule has 0 unspecified atom stereocenters. The Morgan fingerprint density at radius 3 is 2.95 bits per heavy atom. The van der Waals surface area contributed by atoms with E-state index in [-0.39, 0.29) is 12.0 Å². The average Bonchev–Trinajstić information content (AvgIpc) is 2.77. The Hall–Kier alpha value is -1.80. The number of carboxylic acid groups (broad SMARTS) is 1. The first-order valence-electron chi connectivity index (χ1n) is 6.30. The van der Waals surface area contributed by atoms with Crippen molar-refractivity contribution in [2.75, 3.05) is 13.1 Å².